The van der Waals surface area contributed by atoms with Crippen LogP contribution in [0.15, 0.2) is 0 Å². The second-order valence-corrected chi connectivity index (χ2v) is 3.41. The molecule has 0 amide bonds. The van der Waals surface area contributed by atoms with Gasteiger partial charge in [0.1, 0.15) is 0 Å². The summed E-state index contributed by atoms with van der Waals surface area (Å²) < 4.78 is 0. The van der Waals surface area contributed by atoms with E-state index in [0.29, 0.717) is 17.9 Å². The summed E-state index contributed by atoms with van der Waals surface area (Å²) in [5, 5.41) is 8.60. The summed E-state index contributed by atoms with van der Waals surface area (Å²) >= 11 is 0. The lowest BCUT2D eigenvalue weighted by Gasteiger charge is -2.05. The molecule has 3 nitrogen and oxygen atoms in total. The molecule has 0 bridgehead atoms. The maximum Gasteiger partial charge on any atom is 0.306 e. The minimum atomic E-state index is -0.639. The summed E-state index contributed by atoms with van der Waals surface area (Å²) in [4.78, 5) is 10.4. The first-order valence-corrected chi connectivity index (χ1v) is 3.68. The Hall–Kier alpha value is -0.280. The first kappa shape index (κ1) is 8.81. The lowest BCUT2D eigenvalue weighted by molar-refractivity contribution is -0.141. The molecule has 2 aliphatic carbocycles. The smallest absolute Gasteiger partial charge is 0.306 e. The normalized spacial score (nSPS) is 45.9. The van der Waals surface area contributed by atoms with E-state index in [9.17, 15) is 4.79 Å². The monoisotopic (exact) mass is 177 g/mol. The second-order valence-electron chi connectivity index (χ2n) is 3.41. The average Bonchev–Trinajstić information content (AvgIpc) is 2.38. The quantitative estimate of drug-likeness (QED) is 0.612. The summed E-state index contributed by atoms with van der Waals surface area (Å²) in [5.41, 5.74) is 5.64. The molecule has 0 aliphatic heterocycles. The first-order valence-electron chi connectivity index (χ1n) is 3.68. The van der Waals surface area contributed by atoms with E-state index in [1.165, 1.54) is 0 Å². The van der Waals surface area contributed by atoms with E-state index in [4.69, 9.17) is 10.8 Å². The van der Waals surface area contributed by atoms with Crippen molar-refractivity contribution >= 4 is 18.4 Å². The average molecular weight is 178 g/mol. The maximum absolute atomic E-state index is 10.4. The van der Waals surface area contributed by atoms with Crippen LogP contribution in [0.1, 0.15) is 12.8 Å². The fourth-order valence-corrected chi connectivity index (χ4v) is 2.09. The summed E-state index contributed by atoms with van der Waals surface area (Å²) in [5.74, 6) is 0.358. The lowest BCUT2D eigenvalue weighted by Crippen LogP contribution is -2.17. The number of nitrogens with two attached hydrogens (primary N) is 1. The molecule has 0 spiro atoms. The van der Waals surface area contributed by atoms with Gasteiger partial charge >= 0.3 is 5.97 Å². The highest BCUT2D eigenvalue weighted by Crippen LogP contribution is 2.53. The van der Waals surface area contributed by atoms with Crippen LogP contribution in [0, 0.1) is 17.8 Å². The van der Waals surface area contributed by atoms with Crippen molar-refractivity contribution in [1.82, 2.24) is 0 Å². The number of halogens is 1. The van der Waals surface area contributed by atoms with Crippen molar-refractivity contribution in [3.05, 3.63) is 0 Å². The van der Waals surface area contributed by atoms with Gasteiger partial charge < -0.3 is 10.8 Å². The van der Waals surface area contributed by atoms with Crippen LogP contribution in [0.25, 0.3) is 0 Å². The fourth-order valence-electron chi connectivity index (χ4n) is 2.09. The van der Waals surface area contributed by atoms with Crippen LogP contribution in [0.3, 0.4) is 0 Å². The molecule has 11 heavy (non-hydrogen) atoms. The minimum absolute atomic E-state index is 0. The van der Waals surface area contributed by atoms with E-state index in [1.54, 1.807) is 0 Å². The van der Waals surface area contributed by atoms with Crippen molar-refractivity contribution in [2.75, 3.05) is 0 Å². The SMILES string of the molecule is Cl.NC1C2CC(C(=O)O)CC12. The van der Waals surface area contributed by atoms with Gasteiger partial charge in [-0.1, -0.05) is 0 Å². The zero-order valence-corrected chi connectivity index (χ0v) is 6.88. The van der Waals surface area contributed by atoms with Crippen molar-refractivity contribution in [3.63, 3.8) is 0 Å². The zero-order chi connectivity index (χ0) is 7.30. The van der Waals surface area contributed by atoms with Crippen LogP contribution in [0.2, 0.25) is 0 Å². The molecular weight excluding hydrogens is 166 g/mol. The lowest BCUT2D eigenvalue weighted by atomic mass is 10.0. The van der Waals surface area contributed by atoms with Crippen LogP contribution in [-0.2, 0) is 4.79 Å². The molecule has 0 saturated heterocycles. The van der Waals surface area contributed by atoms with E-state index < -0.39 is 5.97 Å². The Morgan fingerprint density at radius 3 is 2.18 bits per heavy atom. The number of hydrogen-bond donors (Lipinski definition) is 2. The van der Waals surface area contributed by atoms with E-state index >= 15 is 0 Å². The van der Waals surface area contributed by atoms with Gasteiger partial charge in [-0.05, 0) is 24.7 Å². The Balaban J connectivity index is 0.000000605. The number of carboxylic acids is 1. The third-order valence-corrected chi connectivity index (χ3v) is 2.86. The molecule has 0 radical (unpaired) electrons. The Labute approximate surface area is 71.4 Å². The largest absolute Gasteiger partial charge is 0.481 e. The van der Waals surface area contributed by atoms with Crippen LogP contribution in [0.4, 0.5) is 0 Å². The van der Waals surface area contributed by atoms with Crippen LogP contribution < -0.4 is 5.73 Å². The Morgan fingerprint density at radius 1 is 1.36 bits per heavy atom. The van der Waals surface area contributed by atoms with Crippen molar-refractivity contribution in [1.29, 1.82) is 0 Å². The molecule has 2 atom stereocenters. The van der Waals surface area contributed by atoms with Gasteiger partial charge in [0, 0.05) is 6.04 Å². The maximum atomic E-state index is 10.4. The van der Waals surface area contributed by atoms with E-state index in [1.807, 2.05) is 0 Å². The second kappa shape index (κ2) is 2.64. The summed E-state index contributed by atoms with van der Waals surface area (Å²) in [6.45, 7) is 0. The third-order valence-electron chi connectivity index (χ3n) is 2.86. The fraction of sp³-hybridized carbons (Fsp3) is 0.857. The van der Waals surface area contributed by atoms with Gasteiger partial charge in [0.25, 0.3) is 0 Å². The third kappa shape index (κ3) is 1.23. The van der Waals surface area contributed by atoms with Crippen molar-refractivity contribution in [2.24, 2.45) is 23.5 Å². The van der Waals surface area contributed by atoms with Gasteiger partial charge in [0.05, 0.1) is 5.92 Å². The Bertz CT molecular complexity index is 173. The van der Waals surface area contributed by atoms with Gasteiger partial charge in [-0.2, -0.15) is 0 Å². The topological polar surface area (TPSA) is 63.3 Å². The number of fused-ring (bicyclic) bond motifs is 1. The molecule has 2 fully saturated rings. The van der Waals surface area contributed by atoms with Crippen LogP contribution in [0.5, 0.6) is 0 Å². The molecule has 64 valence electrons. The van der Waals surface area contributed by atoms with Crippen LogP contribution >= 0.6 is 12.4 Å². The minimum Gasteiger partial charge on any atom is -0.481 e. The molecule has 2 saturated carbocycles. The summed E-state index contributed by atoms with van der Waals surface area (Å²) in [6, 6.07) is 0.329. The number of hydrogen-bond acceptors (Lipinski definition) is 2. The highest BCUT2D eigenvalue weighted by atomic mass is 35.5. The predicted octanol–water partition coefficient (Wildman–Crippen LogP) is 0.476. The Morgan fingerprint density at radius 2 is 1.82 bits per heavy atom. The van der Waals surface area contributed by atoms with Gasteiger partial charge in [0.2, 0.25) is 0 Å². The molecule has 2 unspecified atom stereocenters. The molecule has 2 aliphatic rings. The van der Waals surface area contributed by atoms with Gasteiger partial charge in [-0.25, -0.2) is 0 Å². The van der Waals surface area contributed by atoms with Crippen LogP contribution in [-0.4, -0.2) is 17.1 Å². The molecule has 0 aromatic heterocycles. The van der Waals surface area contributed by atoms with E-state index in [-0.39, 0.29) is 18.3 Å². The van der Waals surface area contributed by atoms with E-state index in [2.05, 4.69) is 0 Å². The van der Waals surface area contributed by atoms with Gasteiger partial charge in [0.15, 0.2) is 0 Å². The highest BCUT2D eigenvalue weighted by molar-refractivity contribution is 5.85. The molecule has 0 heterocycles. The molecule has 4 heteroatoms. The number of carboxylic acid groups (broad SMARTS) is 1. The van der Waals surface area contributed by atoms with Crippen molar-refractivity contribution < 1.29 is 9.90 Å². The summed E-state index contributed by atoms with van der Waals surface area (Å²) in [7, 11) is 0. The first-order chi connectivity index (χ1) is 4.70. The predicted molar refractivity (Wildman–Crippen MR) is 42.6 cm³/mol. The molecule has 2 rings (SSSR count). The summed E-state index contributed by atoms with van der Waals surface area (Å²) in [6.07, 6.45) is 1.64. The molecule has 0 aromatic rings. The number of carbonyl (C=O) groups is 1. The van der Waals surface area contributed by atoms with Gasteiger partial charge in [-0.3, -0.25) is 4.79 Å². The highest BCUT2D eigenvalue weighted by Gasteiger charge is 2.55. The number of aliphatic carboxylic acids is 1. The Kier molecular flexibility index (Phi) is 2.12. The van der Waals surface area contributed by atoms with Gasteiger partial charge in [-0.15, -0.1) is 12.4 Å². The molecule has 3 N–H and O–H groups in total. The number of rotatable bonds is 1. The van der Waals surface area contributed by atoms with E-state index in [0.717, 1.165) is 12.8 Å². The standard InChI is InChI=1S/C7H11NO2.ClH/c8-6-4-1-3(7(9)10)2-5(4)6;/h3-6H,1-2,8H2,(H,9,10);1H. The molecular formula is C7H12ClNO2. The van der Waals surface area contributed by atoms with Crippen molar-refractivity contribution in [2.45, 2.75) is 18.9 Å². The van der Waals surface area contributed by atoms with Crippen molar-refractivity contribution in [3.8, 4) is 0 Å². The molecule has 0 aromatic carbocycles. The zero-order valence-electron chi connectivity index (χ0n) is 6.06.